The molecule has 1 aromatic carbocycles. The van der Waals surface area contributed by atoms with Crippen molar-refractivity contribution in [3.8, 4) is 0 Å². The van der Waals surface area contributed by atoms with Crippen LogP contribution in [0.3, 0.4) is 0 Å². The molecule has 0 fully saturated rings. The highest BCUT2D eigenvalue weighted by atomic mass is 79.9. The molecule has 0 saturated heterocycles. The van der Waals surface area contributed by atoms with Crippen molar-refractivity contribution in [2.75, 3.05) is 0 Å². The number of hydrogen-bond donors (Lipinski definition) is 0. The fourth-order valence-electron chi connectivity index (χ4n) is 1.62. The Hall–Kier alpha value is -0.890. The van der Waals surface area contributed by atoms with Gasteiger partial charge >= 0.3 is 0 Å². The standard InChI is InChI=1S/C12H12BrN/c1-3-9-4-5-11-10(7-9)8(2)6-12(13)14-11/h4-7H,3H2,1-2H3. The number of pyridine rings is 1. The molecule has 0 amide bonds. The molecule has 72 valence electrons. The molecule has 0 N–H and O–H groups in total. The van der Waals surface area contributed by atoms with Gasteiger partial charge in [-0.05, 0) is 58.6 Å². The summed E-state index contributed by atoms with van der Waals surface area (Å²) < 4.78 is 0.909. The van der Waals surface area contributed by atoms with Gasteiger partial charge in [0.25, 0.3) is 0 Å². The third-order valence-electron chi connectivity index (χ3n) is 2.46. The van der Waals surface area contributed by atoms with Crippen LogP contribution in [0.15, 0.2) is 28.9 Å². The van der Waals surface area contributed by atoms with Crippen molar-refractivity contribution in [1.29, 1.82) is 0 Å². The number of fused-ring (bicyclic) bond motifs is 1. The van der Waals surface area contributed by atoms with Gasteiger partial charge in [-0.25, -0.2) is 4.98 Å². The number of hydrogen-bond acceptors (Lipinski definition) is 1. The Bertz CT molecular complexity index is 477. The summed E-state index contributed by atoms with van der Waals surface area (Å²) in [5.41, 5.74) is 3.70. The Morgan fingerprint density at radius 3 is 2.79 bits per heavy atom. The molecule has 0 radical (unpaired) electrons. The first-order chi connectivity index (χ1) is 6.70. The number of aryl methyl sites for hydroxylation is 2. The van der Waals surface area contributed by atoms with E-state index in [-0.39, 0.29) is 0 Å². The van der Waals surface area contributed by atoms with Crippen LogP contribution in [-0.2, 0) is 6.42 Å². The molecular formula is C12H12BrN. The van der Waals surface area contributed by atoms with Gasteiger partial charge in [0.2, 0.25) is 0 Å². The Morgan fingerprint density at radius 2 is 2.07 bits per heavy atom. The van der Waals surface area contributed by atoms with Gasteiger partial charge in [0.15, 0.2) is 0 Å². The van der Waals surface area contributed by atoms with Gasteiger partial charge in [0, 0.05) is 5.39 Å². The van der Waals surface area contributed by atoms with Gasteiger partial charge in [-0.2, -0.15) is 0 Å². The third-order valence-corrected chi connectivity index (χ3v) is 2.86. The van der Waals surface area contributed by atoms with Crippen molar-refractivity contribution in [1.82, 2.24) is 4.98 Å². The minimum atomic E-state index is 0.909. The number of aromatic nitrogens is 1. The van der Waals surface area contributed by atoms with E-state index >= 15 is 0 Å². The highest BCUT2D eigenvalue weighted by Gasteiger charge is 2.01. The third kappa shape index (κ3) is 1.67. The number of rotatable bonds is 1. The molecule has 0 spiro atoms. The van der Waals surface area contributed by atoms with Gasteiger partial charge < -0.3 is 0 Å². The van der Waals surface area contributed by atoms with Crippen LogP contribution in [0, 0.1) is 6.92 Å². The van der Waals surface area contributed by atoms with Crippen LogP contribution in [0.4, 0.5) is 0 Å². The molecule has 0 aliphatic heterocycles. The molecule has 0 bridgehead atoms. The van der Waals surface area contributed by atoms with Gasteiger partial charge in [-0.1, -0.05) is 13.0 Å². The average molecular weight is 250 g/mol. The number of benzene rings is 1. The Kier molecular flexibility index (Phi) is 2.55. The zero-order chi connectivity index (χ0) is 10.1. The van der Waals surface area contributed by atoms with Crippen LogP contribution in [0.1, 0.15) is 18.1 Å². The summed E-state index contributed by atoms with van der Waals surface area (Å²) >= 11 is 3.41. The minimum Gasteiger partial charge on any atom is -0.241 e. The van der Waals surface area contributed by atoms with E-state index in [2.05, 4.69) is 59.0 Å². The SMILES string of the molecule is CCc1ccc2nc(Br)cc(C)c2c1. The average Bonchev–Trinajstić information content (AvgIpc) is 2.17. The quantitative estimate of drug-likeness (QED) is 0.700. The zero-order valence-corrected chi connectivity index (χ0v) is 9.93. The van der Waals surface area contributed by atoms with Crippen molar-refractivity contribution < 1.29 is 0 Å². The van der Waals surface area contributed by atoms with Gasteiger partial charge in [0.1, 0.15) is 4.60 Å². The Labute approximate surface area is 92.3 Å². The van der Waals surface area contributed by atoms with Gasteiger partial charge in [0.05, 0.1) is 5.52 Å². The molecule has 0 saturated carbocycles. The predicted octanol–water partition coefficient (Wildman–Crippen LogP) is 3.87. The lowest BCUT2D eigenvalue weighted by Gasteiger charge is -2.04. The molecule has 0 atom stereocenters. The fraction of sp³-hybridized carbons (Fsp3) is 0.250. The molecule has 0 aliphatic rings. The molecular weight excluding hydrogens is 238 g/mol. The van der Waals surface area contributed by atoms with Crippen molar-refractivity contribution in [3.05, 3.63) is 40.0 Å². The van der Waals surface area contributed by atoms with Crippen LogP contribution in [0.25, 0.3) is 10.9 Å². The van der Waals surface area contributed by atoms with E-state index in [1.54, 1.807) is 0 Å². The van der Waals surface area contributed by atoms with E-state index in [4.69, 9.17) is 0 Å². The van der Waals surface area contributed by atoms with Crippen molar-refractivity contribution in [2.45, 2.75) is 20.3 Å². The molecule has 2 aromatic rings. The summed E-state index contributed by atoms with van der Waals surface area (Å²) in [6.45, 7) is 4.29. The smallest absolute Gasteiger partial charge is 0.107 e. The monoisotopic (exact) mass is 249 g/mol. The zero-order valence-electron chi connectivity index (χ0n) is 8.34. The lowest BCUT2D eigenvalue weighted by atomic mass is 10.1. The van der Waals surface area contributed by atoms with Crippen LogP contribution in [0.2, 0.25) is 0 Å². The second-order valence-corrected chi connectivity index (χ2v) is 4.28. The summed E-state index contributed by atoms with van der Waals surface area (Å²) in [4.78, 5) is 4.43. The minimum absolute atomic E-state index is 0.909. The Balaban J connectivity index is 2.75. The van der Waals surface area contributed by atoms with Crippen molar-refractivity contribution in [2.24, 2.45) is 0 Å². The summed E-state index contributed by atoms with van der Waals surface area (Å²) in [5, 5.41) is 1.26. The van der Waals surface area contributed by atoms with E-state index in [1.807, 2.05) is 0 Å². The van der Waals surface area contributed by atoms with Gasteiger partial charge in [-0.15, -0.1) is 0 Å². The molecule has 2 heteroatoms. The summed E-state index contributed by atoms with van der Waals surface area (Å²) in [6.07, 6.45) is 1.07. The summed E-state index contributed by atoms with van der Waals surface area (Å²) in [7, 11) is 0. The molecule has 1 heterocycles. The lowest BCUT2D eigenvalue weighted by Crippen LogP contribution is -1.87. The second-order valence-electron chi connectivity index (χ2n) is 3.47. The molecule has 2 rings (SSSR count). The maximum absolute atomic E-state index is 4.43. The largest absolute Gasteiger partial charge is 0.241 e. The highest BCUT2D eigenvalue weighted by molar-refractivity contribution is 9.10. The van der Waals surface area contributed by atoms with Crippen LogP contribution >= 0.6 is 15.9 Å². The molecule has 1 nitrogen and oxygen atoms in total. The molecule has 14 heavy (non-hydrogen) atoms. The topological polar surface area (TPSA) is 12.9 Å². The highest BCUT2D eigenvalue weighted by Crippen LogP contribution is 2.21. The summed E-state index contributed by atoms with van der Waals surface area (Å²) in [6, 6.07) is 8.51. The van der Waals surface area contributed by atoms with E-state index in [9.17, 15) is 0 Å². The van der Waals surface area contributed by atoms with E-state index in [0.29, 0.717) is 0 Å². The Morgan fingerprint density at radius 1 is 1.29 bits per heavy atom. The van der Waals surface area contributed by atoms with E-state index < -0.39 is 0 Å². The number of halogens is 1. The first kappa shape index (κ1) is 9.66. The first-order valence-corrected chi connectivity index (χ1v) is 5.56. The van der Waals surface area contributed by atoms with Crippen LogP contribution in [0.5, 0.6) is 0 Å². The van der Waals surface area contributed by atoms with Gasteiger partial charge in [-0.3, -0.25) is 0 Å². The second kappa shape index (κ2) is 3.70. The lowest BCUT2D eigenvalue weighted by molar-refractivity contribution is 1.14. The number of nitrogens with zero attached hydrogens (tertiary/aromatic N) is 1. The molecule has 0 unspecified atom stereocenters. The van der Waals surface area contributed by atoms with E-state index in [1.165, 1.54) is 16.5 Å². The van der Waals surface area contributed by atoms with Crippen molar-refractivity contribution >= 4 is 26.8 Å². The van der Waals surface area contributed by atoms with Crippen molar-refractivity contribution in [3.63, 3.8) is 0 Å². The van der Waals surface area contributed by atoms with E-state index in [0.717, 1.165) is 16.5 Å². The predicted molar refractivity (Wildman–Crippen MR) is 63.6 cm³/mol. The maximum atomic E-state index is 4.43. The first-order valence-electron chi connectivity index (χ1n) is 4.76. The summed E-state index contributed by atoms with van der Waals surface area (Å²) in [5.74, 6) is 0. The molecule has 1 aromatic heterocycles. The van der Waals surface area contributed by atoms with Crippen LogP contribution in [-0.4, -0.2) is 4.98 Å². The maximum Gasteiger partial charge on any atom is 0.107 e. The normalized spacial score (nSPS) is 10.8. The van der Waals surface area contributed by atoms with Crippen LogP contribution < -0.4 is 0 Å². The fourth-order valence-corrected chi connectivity index (χ4v) is 2.15. The molecule has 0 aliphatic carbocycles.